The molecule has 3 unspecified atom stereocenters. The highest BCUT2D eigenvalue weighted by Crippen LogP contribution is 2.49. The number of carbonyl (C=O) groups excluding carboxylic acids is 2. The van der Waals surface area contributed by atoms with Crippen LogP contribution >= 0.6 is 23.2 Å². The molecule has 2 saturated heterocycles. The minimum atomic E-state index is -0.971. The molecule has 3 atom stereocenters. The van der Waals surface area contributed by atoms with E-state index < -0.39 is 24.0 Å². The van der Waals surface area contributed by atoms with Gasteiger partial charge in [-0.25, -0.2) is 9.96 Å². The number of carbonyl (C=O) groups is 2. The molecule has 0 aromatic heterocycles. The maximum atomic E-state index is 13.6. The summed E-state index contributed by atoms with van der Waals surface area (Å²) >= 11 is 12.6. The number of hydroxylamine groups is 1. The Bertz CT molecular complexity index is 1190. The number of para-hydroxylation sites is 1. The number of halogens is 2. The van der Waals surface area contributed by atoms with E-state index in [4.69, 9.17) is 32.8 Å². The van der Waals surface area contributed by atoms with Crippen LogP contribution in [0.2, 0.25) is 10.0 Å². The lowest BCUT2D eigenvalue weighted by molar-refractivity contribution is -0.126. The molecule has 3 aromatic carbocycles. The summed E-state index contributed by atoms with van der Waals surface area (Å²) in [4.78, 5) is 34.2. The molecule has 0 saturated carbocycles. The molecule has 2 aliphatic rings. The van der Waals surface area contributed by atoms with Crippen LogP contribution in [-0.4, -0.2) is 25.0 Å². The fraction of sp³-hybridized carbons (Fsp3) is 0.167. The molecule has 0 bridgehead atoms. The van der Waals surface area contributed by atoms with Crippen molar-refractivity contribution in [3.63, 3.8) is 0 Å². The van der Waals surface area contributed by atoms with Gasteiger partial charge in [0.1, 0.15) is 11.7 Å². The molecule has 0 N–H and O–H groups in total. The van der Waals surface area contributed by atoms with E-state index in [9.17, 15) is 9.59 Å². The molecule has 0 spiro atoms. The molecule has 2 fully saturated rings. The molecular weight excluding hydrogens is 451 g/mol. The number of hydrogen-bond donors (Lipinski definition) is 0. The summed E-state index contributed by atoms with van der Waals surface area (Å²) in [5.41, 5.74) is 1.84. The quantitative estimate of drug-likeness (QED) is 0.501. The van der Waals surface area contributed by atoms with Gasteiger partial charge < -0.3 is 4.74 Å². The summed E-state index contributed by atoms with van der Waals surface area (Å²) in [5, 5.41) is 2.48. The third-order valence-corrected chi connectivity index (χ3v) is 6.30. The number of anilines is 2. The lowest BCUT2D eigenvalue weighted by Gasteiger charge is -2.29. The van der Waals surface area contributed by atoms with E-state index in [1.807, 2.05) is 30.3 Å². The maximum Gasteiger partial charge on any atom is 0.266 e. The van der Waals surface area contributed by atoms with Crippen molar-refractivity contribution in [3.8, 4) is 5.75 Å². The Morgan fingerprint density at radius 2 is 1.59 bits per heavy atom. The largest absolute Gasteiger partial charge is 0.497 e. The van der Waals surface area contributed by atoms with E-state index in [1.165, 1.54) is 4.90 Å². The molecule has 6 nitrogen and oxygen atoms in total. The molecule has 2 aliphatic heterocycles. The Hall–Kier alpha value is -3.06. The van der Waals surface area contributed by atoms with Crippen LogP contribution in [-0.2, 0) is 14.4 Å². The SMILES string of the molecule is COc1ccc(N2C(=O)C3ON(c4ccccc4)C(c4ccc(Cl)cc4Cl)C3C2=O)cc1. The number of imide groups is 1. The van der Waals surface area contributed by atoms with Crippen LogP contribution in [0.4, 0.5) is 11.4 Å². The smallest absolute Gasteiger partial charge is 0.266 e. The molecule has 3 aromatic rings. The average molecular weight is 469 g/mol. The summed E-state index contributed by atoms with van der Waals surface area (Å²) in [5.74, 6) is -0.910. The van der Waals surface area contributed by atoms with Gasteiger partial charge in [0.05, 0.1) is 24.5 Å². The molecule has 2 heterocycles. The number of amides is 2. The third-order valence-electron chi connectivity index (χ3n) is 5.74. The first kappa shape index (κ1) is 20.8. The minimum Gasteiger partial charge on any atom is -0.497 e. The standard InChI is InChI=1S/C24H18Cl2N2O4/c1-31-17-10-8-15(9-11-17)27-23(29)20-21(18-12-7-14(25)13-19(18)26)28(32-22(20)24(27)30)16-5-3-2-4-6-16/h2-13,20-22H,1H3. The highest BCUT2D eigenvalue weighted by Gasteiger charge is 2.60. The van der Waals surface area contributed by atoms with Gasteiger partial charge in [-0.2, -0.15) is 0 Å². The van der Waals surface area contributed by atoms with Crippen LogP contribution in [0.1, 0.15) is 11.6 Å². The topological polar surface area (TPSA) is 59.1 Å². The van der Waals surface area contributed by atoms with Crippen molar-refractivity contribution in [2.75, 3.05) is 17.1 Å². The second-order valence-corrected chi connectivity index (χ2v) is 8.38. The molecule has 0 radical (unpaired) electrons. The van der Waals surface area contributed by atoms with Gasteiger partial charge in [0.2, 0.25) is 5.91 Å². The zero-order valence-corrected chi connectivity index (χ0v) is 18.5. The zero-order chi connectivity index (χ0) is 22.4. The van der Waals surface area contributed by atoms with E-state index in [0.717, 1.165) is 5.69 Å². The monoisotopic (exact) mass is 468 g/mol. The van der Waals surface area contributed by atoms with Crippen LogP contribution in [0, 0.1) is 5.92 Å². The Morgan fingerprint density at radius 3 is 2.25 bits per heavy atom. The fourth-order valence-corrected chi connectivity index (χ4v) is 4.78. The second-order valence-electron chi connectivity index (χ2n) is 7.53. The number of fused-ring (bicyclic) bond motifs is 1. The van der Waals surface area contributed by atoms with Gasteiger partial charge in [0.25, 0.3) is 5.91 Å². The van der Waals surface area contributed by atoms with Crippen molar-refractivity contribution in [2.45, 2.75) is 12.1 Å². The molecular formula is C24H18Cl2N2O4. The predicted molar refractivity (Wildman–Crippen MR) is 122 cm³/mol. The minimum absolute atomic E-state index is 0.348. The predicted octanol–water partition coefficient (Wildman–Crippen LogP) is 5.05. The highest BCUT2D eigenvalue weighted by atomic mass is 35.5. The van der Waals surface area contributed by atoms with Crippen LogP contribution in [0.15, 0.2) is 72.8 Å². The highest BCUT2D eigenvalue weighted by molar-refractivity contribution is 6.35. The Balaban J connectivity index is 1.58. The zero-order valence-electron chi connectivity index (χ0n) is 16.9. The van der Waals surface area contributed by atoms with Gasteiger partial charge >= 0.3 is 0 Å². The van der Waals surface area contributed by atoms with E-state index >= 15 is 0 Å². The van der Waals surface area contributed by atoms with Gasteiger partial charge in [-0.1, -0.05) is 47.5 Å². The van der Waals surface area contributed by atoms with Crippen molar-refractivity contribution in [1.82, 2.24) is 0 Å². The van der Waals surface area contributed by atoms with Crippen LogP contribution in [0.5, 0.6) is 5.75 Å². The third kappa shape index (κ3) is 3.32. The molecule has 5 rings (SSSR count). The first-order chi connectivity index (χ1) is 15.5. The summed E-state index contributed by atoms with van der Waals surface area (Å²) < 4.78 is 5.18. The van der Waals surface area contributed by atoms with Gasteiger partial charge in [-0.3, -0.25) is 14.4 Å². The lowest BCUT2D eigenvalue weighted by atomic mass is 9.90. The second kappa shape index (κ2) is 8.13. The molecule has 162 valence electrons. The first-order valence-electron chi connectivity index (χ1n) is 9.97. The number of methoxy groups -OCH3 is 1. The first-order valence-corrected chi connectivity index (χ1v) is 10.7. The van der Waals surface area contributed by atoms with E-state index in [-0.39, 0.29) is 5.91 Å². The molecule has 0 aliphatic carbocycles. The maximum absolute atomic E-state index is 13.6. The van der Waals surface area contributed by atoms with Crippen molar-refractivity contribution in [2.24, 2.45) is 5.92 Å². The summed E-state index contributed by atoms with van der Waals surface area (Å²) in [6, 6.07) is 20.6. The molecule has 8 heteroatoms. The fourth-order valence-electron chi connectivity index (χ4n) is 4.26. The van der Waals surface area contributed by atoms with Crippen molar-refractivity contribution in [3.05, 3.63) is 88.4 Å². The van der Waals surface area contributed by atoms with E-state index in [0.29, 0.717) is 27.0 Å². The normalized spacial score (nSPS) is 22.4. The van der Waals surface area contributed by atoms with Gasteiger partial charge in [-0.05, 0) is 54.1 Å². The van der Waals surface area contributed by atoms with Crippen LogP contribution in [0.3, 0.4) is 0 Å². The molecule has 2 amide bonds. The Labute approximate surface area is 194 Å². The van der Waals surface area contributed by atoms with Crippen LogP contribution in [0.25, 0.3) is 0 Å². The van der Waals surface area contributed by atoms with Crippen molar-refractivity contribution in [1.29, 1.82) is 0 Å². The number of ether oxygens (including phenoxy) is 1. The number of nitrogens with zero attached hydrogens (tertiary/aromatic N) is 2. The Morgan fingerprint density at radius 1 is 0.875 bits per heavy atom. The summed E-state index contributed by atoms with van der Waals surface area (Å²) in [6.07, 6.45) is -0.971. The lowest BCUT2D eigenvalue weighted by Crippen LogP contribution is -2.37. The van der Waals surface area contributed by atoms with Crippen LogP contribution < -0.4 is 14.7 Å². The van der Waals surface area contributed by atoms with E-state index in [1.54, 1.807) is 54.6 Å². The van der Waals surface area contributed by atoms with Gasteiger partial charge in [-0.15, -0.1) is 0 Å². The van der Waals surface area contributed by atoms with E-state index in [2.05, 4.69) is 0 Å². The molecule has 32 heavy (non-hydrogen) atoms. The van der Waals surface area contributed by atoms with Gasteiger partial charge in [0, 0.05) is 10.0 Å². The Kier molecular flexibility index (Phi) is 5.29. The summed E-state index contributed by atoms with van der Waals surface area (Å²) in [7, 11) is 1.55. The number of rotatable bonds is 4. The average Bonchev–Trinajstić information content (AvgIpc) is 3.30. The van der Waals surface area contributed by atoms with Crippen molar-refractivity contribution < 1.29 is 19.2 Å². The van der Waals surface area contributed by atoms with Gasteiger partial charge in [0.15, 0.2) is 6.10 Å². The van der Waals surface area contributed by atoms with Crippen molar-refractivity contribution >= 4 is 46.4 Å². The summed E-state index contributed by atoms with van der Waals surface area (Å²) in [6.45, 7) is 0. The number of benzene rings is 3. The number of hydrogen-bond acceptors (Lipinski definition) is 5.